The lowest BCUT2D eigenvalue weighted by Crippen LogP contribution is -2.34. The average Bonchev–Trinajstić information content (AvgIpc) is 2.68. The molecule has 0 radical (unpaired) electrons. The fourth-order valence-electron chi connectivity index (χ4n) is 2.52. The van der Waals surface area contributed by atoms with Crippen LogP contribution in [0.25, 0.3) is 0 Å². The van der Waals surface area contributed by atoms with E-state index in [0.717, 1.165) is 31.5 Å². The van der Waals surface area contributed by atoms with Crippen molar-refractivity contribution >= 4 is 45.9 Å². The number of amides is 1. The lowest BCUT2D eigenvalue weighted by Gasteiger charge is -2.19. The summed E-state index contributed by atoms with van der Waals surface area (Å²) in [6, 6.07) is 0. The van der Waals surface area contributed by atoms with Crippen LogP contribution in [0.4, 0.5) is 5.69 Å². The minimum absolute atomic E-state index is 0. The van der Waals surface area contributed by atoms with Crippen molar-refractivity contribution in [1.29, 1.82) is 0 Å². The lowest BCUT2D eigenvalue weighted by molar-refractivity contribution is -0.117. The first-order valence-electron chi connectivity index (χ1n) is 7.30. The van der Waals surface area contributed by atoms with E-state index in [1.54, 1.807) is 0 Å². The van der Waals surface area contributed by atoms with Crippen molar-refractivity contribution in [2.75, 3.05) is 32.1 Å². The molecule has 0 bridgehead atoms. The summed E-state index contributed by atoms with van der Waals surface area (Å²) in [6.45, 7) is 4.21. The summed E-state index contributed by atoms with van der Waals surface area (Å²) in [7, 11) is 1.35. The highest BCUT2D eigenvalue weighted by atomic mass is 79.9. The summed E-state index contributed by atoms with van der Waals surface area (Å²) >= 11 is 1.30. The number of ether oxygens (including phenoxy) is 1. The van der Waals surface area contributed by atoms with Gasteiger partial charge in [0.05, 0.1) is 19.3 Å². The first kappa shape index (κ1) is 19.1. The van der Waals surface area contributed by atoms with Gasteiger partial charge < -0.3 is 10.1 Å². The Bertz CT molecular complexity index is 511. The van der Waals surface area contributed by atoms with Crippen molar-refractivity contribution < 1.29 is 14.3 Å². The quantitative estimate of drug-likeness (QED) is 0.801. The van der Waals surface area contributed by atoms with E-state index < -0.39 is 5.97 Å². The monoisotopic (exact) mass is 390 g/mol. The zero-order chi connectivity index (χ0) is 15.2. The molecule has 1 amide bonds. The minimum Gasteiger partial charge on any atom is -0.465 e. The van der Waals surface area contributed by atoms with E-state index in [4.69, 9.17) is 4.74 Å². The van der Waals surface area contributed by atoms with Crippen molar-refractivity contribution in [1.82, 2.24) is 4.90 Å². The Morgan fingerprint density at radius 2 is 1.91 bits per heavy atom. The summed E-state index contributed by atoms with van der Waals surface area (Å²) in [5.74, 6) is -0.471. The van der Waals surface area contributed by atoms with Gasteiger partial charge in [-0.05, 0) is 43.8 Å². The van der Waals surface area contributed by atoms with Crippen LogP contribution in [0.2, 0.25) is 0 Å². The van der Waals surface area contributed by atoms with Crippen molar-refractivity contribution in [3.63, 3.8) is 0 Å². The van der Waals surface area contributed by atoms with Crippen LogP contribution in [0.15, 0.2) is 5.38 Å². The van der Waals surface area contributed by atoms with Crippen LogP contribution in [0.3, 0.4) is 0 Å². The Morgan fingerprint density at radius 1 is 1.27 bits per heavy atom. The molecule has 2 rings (SSSR count). The van der Waals surface area contributed by atoms with Gasteiger partial charge in [-0.25, -0.2) is 4.79 Å². The second-order valence-electron chi connectivity index (χ2n) is 5.35. The Labute approximate surface area is 145 Å². The maximum atomic E-state index is 12.2. The molecule has 1 aliphatic rings. The highest BCUT2D eigenvalue weighted by Gasteiger charge is 2.20. The van der Waals surface area contributed by atoms with E-state index in [9.17, 15) is 9.59 Å². The molecular weight excluding hydrogens is 368 g/mol. The SMILES string of the molecule is Br.COC(=O)c1scc(C)c1NC(=O)CN1CCCCCC1. The largest absolute Gasteiger partial charge is 0.465 e. The van der Waals surface area contributed by atoms with Crippen LogP contribution < -0.4 is 5.32 Å². The van der Waals surface area contributed by atoms with E-state index in [2.05, 4.69) is 10.2 Å². The number of carbonyl (C=O) groups is 2. The van der Waals surface area contributed by atoms with Crippen LogP contribution in [-0.2, 0) is 9.53 Å². The molecule has 1 N–H and O–H groups in total. The Hall–Kier alpha value is -0.920. The first-order chi connectivity index (χ1) is 10.1. The maximum Gasteiger partial charge on any atom is 0.350 e. The number of aryl methyl sites for hydroxylation is 1. The third-order valence-corrected chi connectivity index (χ3v) is 4.75. The fourth-order valence-corrected chi connectivity index (χ4v) is 3.44. The third kappa shape index (κ3) is 5.07. The van der Waals surface area contributed by atoms with Gasteiger partial charge in [0, 0.05) is 0 Å². The molecule has 0 aliphatic carbocycles. The summed E-state index contributed by atoms with van der Waals surface area (Å²) in [6.07, 6.45) is 4.79. The molecule has 0 saturated carbocycles. The third-order valence-electron chi connectivity index (χ3n) is 3.68. The molecule has 5 nitrogen and oxygen atoms in total. The molecule has 0 spiro atoms. The molecule has 1 aromatic rings. The number of hydrogen-bond acceptors (Lipinski definition) is 5. The maximum absolute atomic E-state index is 12.2. The number of rotatable bonds is 4. The summed E-state index contributed by atoms with van der Waals surface area (Å²) < 4.78 is 4.75. The minimum atomic E-state index is -0.404. The van der Waals surface area contributed by atoms with Crippen molar-refractivity contribution in [3.05, 3.63) is 15.8 Å². The van der Waals surface area contributed by atoms with Crippen LogP contribution in [0.1, 0.15) is 40.9 Å². The van der Waals surface area contributed by atoms with Crippen LogP contribution in [0, 0.1) is 6.92 Å². The van der Waals surface area contributed by atoms with E-state index in [0.29, 0.717) is 17.1 Å². The number of esters is 1. The summed E-state index contributed by atoms with van der Waals surface area (Å²) in [5, 5.41) is 4.73. The molecule has 0 atom stereocenters. The number of nitrogens with zero attached hydrogens (tertiary/aromatic N) is 1. The number of methoxy groups -OCH3 is 1. The van der Waals surface area contributed by atoms with Crippen molar-refractivity contribution in [2.24, 2.45) is 0 Å². The van der Waals surface area contributed by atoms with Gasteiger partial charge in [-0.15, -0.1) is 28.3 Å². The molecular formula is C15H23BrN2O3S. The van der Waals surface area contributed by atoms with Gasteiger partial charge in [-0.3, -0.25) is 9.69 Å². The Morgan fingerprint density at radius 3 is 2.50 bits per heavy atom. The highest BCUT2D eigenvalue weighted by molar-refractivity contribution is 8.93. The number of halogens is 1. The Kier molecular flexibility index (Phi) is 8.06. The molecule has 22 heavy (non-hydrogen) atoms. The van der Waals surface area contributed by atoms with E-state index in [-0.39, 0.29) is 22.9 Å². The number of thiophene rings is 1. The molecule has 0 unspecified atom stereocenters. The molecule has 7 heteroatoms. The number of hydrogen-bond donors (Lipinski definition) is 1. The molecule has 1 aromatic heterocycles. The molecule has 2 heterocycles. The molecule has 1 saturated heterocycles. The van der Waals surface area contributed by atoms with Gasteiger partial charge in [0.2, 0.25) is 5.91 Å². The number of nitrogens with one attached hydrogen (secondary N) is 1. The predicted octanol–water partition coefficient (Wildman–Crippen LogP) is 3.24. The second kappa shape index (κ2) is 9.27. The van der Waals surface area contributed by atoms with E-state index in [1.165, 1.54) is 31.3 Å². The molecule has 1 aliphatic heterocycles. The molecule has 0 aromatic carbocycles. The average molecular weight is 391 g/mol. The predicted molar refractivity (Wildman–Crippen MR) is 94.3 cm³/mol. The number of carbonyl (C=O) groups excluding carboxylic acids is 2. The van der Waals surface area contributed by atoms with Crippen LogP contribution in [0.5, 0.6) is 0 Å². The van der Waals surface area contributed by atoms with Crippen LogP contribution in [-0.4, -0.2) is 43.5 Å². The van der Waals surface area contributed by atoms with E-state index >= 15 is 0 Å². The highest BCUT2D eigenvalue weighted by Crippen LogP contribution is 2.28. The van der Waals surface area contributed by atoms with E-state index in [1.807, 2.05) is 12.3 Å². The summed E-state index contributed by atoms with van der Waals surface area (Å²) in [5.41, 5.74) is 1.48. The van der Waals surface area contributed by atoms with Gasteiger partial charge in [-0.2, -0.15) is 0 Å². The smallest absolute Gasteiger partial charge is 0.350 e. The summed E-state index contributed by atoms with van der Waals surface area (Å²) in [4.78, 5) is 26.5. The second-order valence-corrected chi connectivity index (χ2v) is 6.23. The molecule has 124 valence electrons. The number of likely N-dealkylation sites (tertiary alicyclic amines) is 1. The van der Waals surface area contributed by atoms with Crippen molar-refractivity contribution in [2.45, 2.75) is 32.6 Å². The van der Waals surface area contributed by atoms with Gasteiger partial charge in [0.25, 0.3) is 0 Å². The van der Waals surface area contributed by atoms with Gasteiger partial charge >= 0.3 is 5.97 Å². The van der Waals surface area contributed by atoms with Gasteiger partial charge in [-0.1, -0.05) is 12.8 Å². The van der Waals surface area contributed by atoms with Crippen LogP contribution >= 0.6 is 28.3 Å². The zero-order valence-electron chi connectivity index (χ0n) is 13.0. The van der Waals surface area contributed by atoms with Crippen molar-refractivity contribution in [3.8, 4) is 0 Å². The Balaban J connectivity index is 0.00000242. The zero-order valence-corrected chi connectivity index (χ0v) is 15.5. The van der Waals surface area contributed by atoms with Gasteiger partial charge in [0.1, 0.15) is 4.88 Å². The first-order valence-corrected chi connectivity index (χ1v) is 8.18. The standard InChI is InChI=1S/C15H22N2O3S.BrH/c1-11-10-21-14(15(19)20-2)13(11)16-12(18)9-17-7-5-3-4-6-8-17;/h10H,3-9H2,1-2H3,(H,16,18);1H. The normalized spacial score (nSPS) is 15.5. The van der Waals surface area contributed by atoms with Gasteiger partial charge in [0.15, 0.2) is 0 Å². The number of anilines is 1. The molecule has 1 fully saturated rings. The lowest BCUT2D eigenvalue weighted by atomic mass is 10.2. The topological polar surface area (TPSA) is 58.6 Å². The fraction of sp³-hybridized carbons (Fsp3) is 0.600.